The molecule has 1 aromatic carbocycles. The smallest absolute Gasteiger partial charge is 0.149 e. The van der Waals surface area contributed by atoms with E-state index < -0.39 is 11.6 Å². The fourth-order valence-corrected chi connectivity index (χ4v) is 3.22. The highest BCUT2D eigenvalue weighted by atomic mass is 19.1. The van der Waals surface area contributed by atoms with Gasteiger partial charge in [-0.25, -0.2) is 18.4 Å². The molecule has 7 heteroatoms. The molecule has 0 bridgehead atoms. The Bertz CT molecular complexity index is 826. The number of piperidine rings is 1. The van der Waals surface area contributed by atoms with Crippen molar-refractivity contribution in [1.29, 1.82) is 0 Å². The topological polar surface area (TPSA) is 46.8 Å². The largest absolute Gasteiger partial charge is 0.371 e. The molecule has 3 heterocycles. The van der Waals surface area contributed by atoms with E-state index in [1.165, 1.54) is 12.5 Å². The van der Waals surface area contributed by atoms with Crippen LogP contribution in [0.2, 0.25) is 0 Å². The van der Waals surface area contributed by atoms with E-state index in [2.05, 4.69) is 20.0 Å². The van der Waals surface area contributed by atoms with Gasteiger partial charge in [-0.15, -0.1) is 0 Å². The SMILES string of the molecule is Fc1ccc(F)c2c(N3CCC(n4cncn4)CC3)ccnc12. The van der Waals surface area contributed by atoms with Gasteiger partial charge in [0.25, 0.3) is 0 Å². The standard InChI is InChI=1S/C16H15F2N5/c17-12-1-2-13(18)16-15(12)14(3-6-20-16)22-7-4-11(5-8-22)23-10-19-9-21-23/h1-3,6,9-11H,4-5,7-8H2. The van der Waals surface area contributed by atoms with Gasteiger partial charge in [0.2, 0.25) is 0 Å². The third-order valence-corrected chi connectivity index (χ3v) is 4.39. The third kappa shape index (κ3) is 2.42. The minimum atomic E-state index is -0.499. The van der Waals surface area contributed by atoms with Crippen LogP contribution in [-0.2, 0) is 0 Å². The number of hydrogen-bond acceptors (Lipinski definition) is 4. The zero-order valence-corrected chi connectivity index (χ0v) is 12.4. The van der Waals surface area contributed by atoms with Crippen LogP contribution in [0.4, 0.5) is 14.5 Å². The van der Waals surface area contributed by atoms with Crippen LogP contribution < -0.4 is 4.90 Å². The quantitative estimate of drug-likeness (QED) is 0.729. The average molecular weight is 315 g/mol. The van der Waals surface area contributed by atoms with Crippen molar-refractivity contribution < 1.29 is 8.78 Å². The number of hydrogen-bond donors (Lipinski definition) is 0. The maximum Gasteiger partial charge on any atom is 0.149 e. The molecule has 0 amide bonds. The molecule has 0 radical (unpaired) electrons. The molecule has 0 aliphatic carbocycles. The van der Waals surface area contributed by atoms with Crippen molar-refractivity contribution in [3.8, 4) is 0 Å². The summed E-state index contributed by atoms with van der Waals surface area (Å²) < 4.78 is 30.0. The highest BCUT2D eigenvalue weighted by Gasteiger charge is 2.23. The Balaban J connectivity index is 1.65. The van der Waals surface area contributed by atoms with Crippen LogP contribution in [0, 0.1) is 11.6 Å². The van der Waals surface area contributed by atoms with Crippen molar-refractivity contribution in [2.45, 2.75) is 18.9 Å². The molecule has 5 nitrogen and oxygen atoms in total. The summed E-state index contributed by atoms with van der Waals surface area (Å²) >= 11 is 0. The van der Waals surface area contributed by atoms with Gasteiger partial charge in [-0.3, -0.25) is 4.98 Å². The Labute approximate surface area is 131 Å². The number of fused-ring (bicyclic) bond motifs is 1. The van der Waals surface area contributed by atoms with Gasteiger partial charge in [0.15, 0.2) is 0 Å². The number of pyridine rings is 1. The summed E-state index contributed by atoms with van der Waals surface area (Å²) in [4.78, 5) is 10.0. The predicted octanol–water partition coefficient (Wildman–Crippen LogP) is 2.95. The fraction of sp³-hybridized carbons (Fsp3) is 0.312. The van der Waals surface area contributed by atoms with Crippen LogP contribution in [0.5, 0.6) is 0 Å². The van der Waals surface area contributed by atoms with E-state index in [-0.39, 0.29) is 10.9 Å². The highest BCUT2D eigenvalue weighted by Crippen LogP contribution is 2.32. The van der Waals surface area contributed by atoms with Crippen molar-refractivity contribution >= 4 is 16.6 Å². The van der Waals surface area contributed by atoms with E-state index in [9.17, 15) is 8.78 Å². The van der Waals surface area contributed by atoms with Gasteiger partial charge in [-0.05, 0) is 31.0 Å². The molecule has 4 rings (SSSR count). The second kappa shape index (κ2) is 5.57. The number of benzene rings is 1. The maximum atomic E-state index is 14.2. The number of aromatic nitrogens is 4. The molecule has 1 aliphatic rings. The molecule has 1 fully saturated rings. The van der Waals surface area contributed by atoms with E-state index >= 15 is 0 Å². The monoisotopic (exact) mass is 315 g/mol. The molecule has 0 N–H and O–H groups in total. The summed E-state index contributed by atoms with van der Waals surface area (Å²) in [6, 6.07) is 4.32. The van der Waals surface area contributed by atoms with Gasteiger partial charge >= 0.3 is 0 Å². The maximum absolute atomic E-state index is 14.2. The zero-order chi connectivity index (χ0) is 15.8. The molecule has 0 atom stereocenters. The van der Waals surface area contributed by atoms with Crippen LogP contribution in [0.15, 0.2) is 37.1 Å². The second-order valence-corrected chi connectivity index (χ2v) is 5.68. The van der Waals surface area contributed by atoms with Crippen molar-refractivity contribution in [2.75, 3.05) is 18.0 Å². The number of rotatable bonds is 2. The summed E-state index contributed by atoms with van der Waals surface area (Å²) in [7, 11) is 0. The lowest BCUT2D eigenvalue weighted by molar-refractivity contribution is 0.366. The Kier molecular flexibility index (Phi) is 3.40. The third-order valence-electron chi connectivity index (χ3n) is 4.39. The molecular formula is C16H15F2N5. The first-order chi connectivity index (χ1) is 11.2. The van der Waals surface area contributed by atoms with Gasteiger partial charge in [-0.1, -0.05) is 0 Å². The molecule has 3 aromatic rings. The Morgan fingerprint density at radius 2 is 1.83 bits per heavy atom. The molecule has 2 aromatic heterocycles. The summed E-state index contributed by atoms with van der Waals surface area (Å²) in [6.07, 6.45) is 6.54. The fourth-order valence-electron chi connectivity index (χ4n) is 3.22. The summed E-state index contributed by atoms with van der Waals surface area (Å²) in [5.74, 6) is -0.941. The minimum absolute atomic E-state index is 0.0842. The first-order valence-electron chi connectivity index (χ1n) is 7.56. The first kappa shape index (κ1) is 14.0. The molecule has 0 saturated carbocycles. The molecule has 23 heavy (non-hydrogen) atoms. The lowest BCUT2D eigenvalue weighted by atomic mass is 10.0. The van der Waals surface area contributed by atoms with E-state index in [1.807, 2.05) is 4.68 Å². The summed E-state index contributed by atoms with van der Waals surface area (Å²) in [6.45, 7) is 1.50. The van der Waals surface area contributed by atoms with Crippen LogP contribution in [0.25, 0.3) is 10.9 Å². The van der Waals surface area contributed by atoms with Crippen LogP contribution in [0.1, 0.15) is 18.9 Å². The van der Waals surface area contributed by atoms with Crippen molar-refractivity contribution in [3.63, 3.8) is 0 Å². The van der Waals surface area contributed by atoms with Gasteiger partial charge in [0, 0.05) is 19.3 Å². The van der Waals surface area contributed by atoms with Gasteiger partial charge < -0.3 is 4.90 Å². The van der Waals surface area contributed by atoms with Crippen molar-refractivity contribution in [3.05, 3.63) is 48.7 Å². The number of halogens is 2. The average Bonchev–Trinajstić information content (AvgIpc) is 3.13. The first-order valence-corrected chi connectivity index (χ1v) is 7.56. The zero-order valence-electron chi connectivity index (χ0n) is 12.4. The van der Waals surface area contributed by atoms with Crippen molar-refractivity contribution in [1.82, 2.24) is 19.7 Å². The molecule has 1 aliphatic heterocycles. The van der Waals surface area contributed by atoms with E-state index in [4.69, 9.17) is 0 Å². The van der Waals surface area contributed by atoms with Gasteiger partial charge in [0.05, 0.1) is 17.1 Å². The predicted molar refractivity (Wildman–Crippen MR) is 82.2 cm³/mol. The normalized spacial score (nSPS) is 16.2. The molecule has 0 unspecified atom stereocenters. The van der Waals surface area contributed by atoms with Crippen LogP contribution in [-0.4, -0.2) is 32.8 Å². The molecule has 118 valence electrons. The number of anilines is 1. The molecule has 0 spiro atoms. The van der Waals surface area contributed by atoms with E-state index in [0.717, 1.165) is 38.1 Å². The lowest BCUT2D eigenvalue weighted by Crippen LogP contribution is -2.35. The Hall–Kier alpha value is -2.57. The van der Waals surface area contributed by atoms with Crippen molar-refractivity contribution in [2.24, 2.45) is 0 Å². The van der Waals surface area contributed by atoms with Crippen LogP contribution in [0.3, 0.4) is 0 Å². The number of nitrogens with zero attached hydrogens (tertiary/aromatic N) is 5. The Morgan fingerprint density at radius 1 is 1.04 bits per heavy atom. The summed E-state index contributed by atoms with van der Waals surface area (Å²) in [5, 5.41) is 4.44. The minimum Gasteiger partial charge on any atom is -0.371 e. The van der Waals surface area contributed by atoms with Crippen LogP contribution >= 0.6 is 0 Å². The van der Waals surface area contributed by atoms with E-state index in [0.29, 0.717) is 11.7 Å². The second-order valence-electron chi connectivity index (χ2n) is 5.68. The molecule has 1 saturated heterocycles. The van der Waals surface area contributed by atoms with E-state index in [1.54, 1.807) is 12.4 Å². The van der Waals surface area contributed by atoms with Gasteiger partial charge in [-0.2, -0.15) is 5.10 Å². The van der Waals surface area contributed by atoms with Gasteiger partial charge in [0.1, 0.15) is 29.8 Å². The Morgan fingerprint density at radius 3 is 2.57 bits per heavy atom. The molecular weight excluding hydrogens is 300 g/mol. The summed E-state index contributed by atoms with van der Waals surface area (Å²) in [5.41, 5.74) is 0.782. The highest BCUT2D eigenvalue weighted by molar-refractivity contribution is 5.92. The lowest BCUT2D eigenvalue weighted by Gasteiger charge is -2.34.